The summed E-state index contributed by atoms with van der Waals surface area (Å²) < 4.78 is 30.3. The molecule has 1 N–H and O–H groups in total. The first-order valence-electron chi connectivity index (χ1n) is 8.85. The minimum atomic E-state index is -3.34. The molecule has 0 heterocycles. The van der Waals surface area contributed by atoms with Crippen molar-refractivity contribution < 1.29 is 22.7 Å². The fourth-order valence-electron chi connectivity index (χ4n) is 3.15. The first kappa shape index (κ1) is 20.4. The number of sulfonamides is 1. The number of nitrogens with zero attached hydrogens (tertiary/aromatic N) is 1. The molecule has 8 heteroatoms. The van der Waals surface area contributed by atoms with Crippen molar-refractivity contribution in [1.29, 1.82) is 0 Å². The van der Waals surface area contributed by atoms with Gasteiger partial charge in [-0.1, -0.05) is 12.8 Å². The molecule has 0 spiro atoms. The summed E-state index contributed by atoms with van der Waals surface area (Å²) in [6.45, 7) is 2.21. The van der Waals surface area contributed by atoms with Crippen LogP contribution in [0, 0.1) is 0 Å². The molecule has 0 atom stereocenters. The number of esters is 1. The highest BCUT2D eigenvalue weighted by Crippen LogP contribution is 2.25. The van der Waals surface area contributed by atoms with Crippen LogP contribution in [0.3, 0.4) is 0 Å². The number of nitrogens with one attached hydrogen (secondary N) is 1. The first-order chi connectivity index (χ1) is 12.3. The summed E-state index contributed by atoms with van der Waals surface area (Å²) in [4.78, 5) is 23.8. The number of carbonyl (C=O) groups is 2. The molecule has 0 saturated heterocycles. The highest BCUT2D eigenvalue weighted by Gasteiger charge is 2.29. The Labute approximate surface area is 154 Å². The van der Waals surface area contributed by atoms with Gasteiger partial charge in [-0.05, 0) is 44.0 Å². The van der Waals surface area contributed by atoms with Gasteiger partial charge in [0.1, 0.15) is 0 Å². The molecule has 1 aliphatic carbocycles. The van der Waals surface area contributed by atoms with Crippen LogP contribution in [-0.4, -0.2) is 50.0 Å². The van der Waals surface area contributed by atoms with E-state index in [-0.39, 0.29) is 24.9 Å². The third-order valence-electron chi connectivity index (χ3n) is 4.40. The fourth-order valence-corrected chi connectivity index (χ4v) is 4.33. The van der Waals surface area contributed by atoms with Crippen molar-refractivity contribution in [3.05, 3.63) is 29.8 Å². The van der Waals surface area contributed by atoms with Crippen LogP contribution in [0.15, 0.2) is 24.3 Å². The Balaban J connectivity index is 1.90. The molecule has 144 valence electrons. The maximum absolute atomic E-state index is 12.2. The van der Waals surface area contributed by atoms with E-state index in [2.05, 4.69) is 5.32 Å². The molecule has 0 bridgehead atoms. The number of amides is 1. The molecule has 0 aliphatic heterocycles. The summed E-state index contributed by atoms with van der Waals surface area (Å²) in [5.74, 6) is -0.675. The fraction of sp³-hybridized carbons (Fsp3) is 0.556. The number of benzene rings is 1. The average molecular weight is 382 g/mol. The van der Waals surface area contributed by atoms with Crippen molar-refractivity contribution in [3.63, 3.8) is 0 Å². The molecule has 0 radical (unpaired) electrons. The molecule has 1 aromatic carbocycles. The van der Waals surface area contributed by atoms with Gasteiger partial charge in [-0.25, -0.2) is 13.2 Å². The zero-order valence-corrected chi connectivity index (χ0v) is 16.0. The maximum Gasteiger partial charge on any atom is 0.338 e. The van der Waals surface area contributed by atoms with E-state index in [1.54, 1.807) is 31.2 Å². The standard InChI is InChI=1S/C18H26N2O5S/c1-3-25-18(22)14-8-10-15(11-9-14)19-17(21)12-13-20(26(2,23)24)16-6-4-5-7-16/h8-11,16H,3-7,12-13H2,1-2H3,(H,19,21). The van der Waals surface area contributed by atoms with Crippen LogP contribution in [-0.2, 0) is 19.6 Å². The van der Waals surface area contributed by atoms with Crippen molar-refractivity contribution in [2.24, 2.45) is 0 Å². The molecule has 26 heavy (non-hydrogen) atoms. The minimum Gasteiger partial charge on any atom is -0.462 e. The van der Waals surface area contributed by atoms with Gasteiger partial charge in [-0.15, -0.1) is 0 Å². The minimum absolute atomic E-state index is 0.00154. The van der Waals surface area contributed by atoms with Crippen LogP contribution in [0.2, 0.25) is 0 Å². The number of anilines is 1. The van der Waals surface area contributed by atoms with Gasteiger partial charge in [-0.2, -0.15) is 4.31 Å². The van der Waals surface area contributed by atoms with Gasteiger partial charge in [-0.3, -0.25) is 4.79 Å². The molecule has 1 aliphatic rings. The normalized spacial score (nSPS) is 15.2. The monoisotopic (exact) mass is 382 g/mol. The third kappa shape index (κ3) is 5.81. The molecule has 1 fully saturated rings. The summed E-state index contributed by atoms with van der Waals surface area (Å²) in [7, 11) is -3.34. The smallest absolute Gasteiger partial charge is 0.338 e. The Morgan fingerprint density at radius 2 is 1.81 bits per heavy atom. The van der Waals surface area contributed by atoms with Crippen LogP contribution < -0.4 is 5.32 Å². The molecular formula is C18H26N2O5S. The Kier molecular flexibility index (Phi) is 7.16. The Morgan fingerprint density at radius 3 is 2.35 bits per heavy atom. The van der Waals surface area contributed by atoms with Crippen molar-refractivity contribution >= 4 is 27.6 Å². The van der Waals surface area contributed by atoms with E-state index < -0.39 is 16.0 Å². The molecule has 1 aromatic rings. The van der Waals surface area contributed by atoms with Gasteiger partial charge in [0.15, 0.2) is 0 Å². The van der Waals surface area contributed by atoms with Crippen LogP contribution in [0.1, 0.15) is 49.4 Å². The van der Waals surface area contributed by atoms with Crippen molar-refractivity contribution in [3.8, 4) is 0 Å². The molecular weight excluding hydrogens is 356 g/mol. The van der Waals surface area contributed by atoms with Gasteiger partial charge >= 0.3 is 5.97 Å². The maximum atomic E-state index is 12.2. The molecule has 7 nitrogen and oxygen atoms in total. The van der Waals surface area contributed by atoms with Gasteiger partial charge < -0.3 is 10.1 Å². The average Bonchev–Trinajstić information content (AvgIpc) is 3.08. The van der Waals surface area contributed by atoms with Crippen LogP contribution >= 0.6 is 0 Å². The summed E-state index contributed by atoms with van der Waals surface area (Å²) in [5, 5.41) is 2.72. The number of rotatable bonds is 8. The second-order valence-electron chi connectivity index (χ2n) is 6.41. The first-order valence-corrected chi connectivity index (χ1v) is 10.7. The Morgan fingerprint density at radius 1 is 1.19 bits per heavy atom. The van der Waals surface area contributed by atoms with Crippen molar-refractivity contribution in [2.75, 3.05) is 24.7 Å². The predicted molar refractivity (Wildman–Crippen MR) is 99.5 cm³/mol. The van der Waals surface area contributed by atoms with E-state index in [4.69, 9.17) is 4.74 Å². The molecule has 2 rings (SSSR count). The lowest BCUT2D eigenvalue weighted by Crippen LogP contribution is -2.39. The lowest BCUT2D eigenvalue weighted by molar-refractivity contribution is -0.116. The number of hydrogen-bond donors (Lipinski definition) is 1. The van der Waals surface area contributed by atoms with E-state index in [0.29, 0.717) is 17.9 Å². The third-order valence-corrected chi connectivity index (χ3v) is 5.73. The zero-order chi connectivity index (χ0) is 19.2. The van der Waals surface area contributed by atoms with Crippen molar-refractivity contribution in [2.45, 2.75) is 45.1 Å². The van der Waals surface area contributed by atoms with E-state index >= 15 is 0 Å². The SMILES string of the molecule is CCOC(=O)c1ccc(NC(=O)CCN(C2CCCC2)S(C)(=O)=O)cc1. The summed E-state index contributed by atoms with van der Waals surface area (Å²) in [6.07, 6.45) is 5.03. The lowest BCUT2D eigenvalue weighted by atomic mass is 10.2. The van der Waals surface area contributed by atoms with Gasteiger partial charge in [0.2, 0.25) is 15.9 Å². The van der Waals surface area contributed by atoms with Crippen LogP contribution in [0.5, 0.6) is 0 Å². The zero-order valence-electron chi connectivity index (χ0n) is 15.2. The molecule has 1 saturated carbocycles. The predicted octanol–water partition coefficient (Wildman–Crippen LogP) is 2.40. The van der Waals surface area contributed by atoms with Gasteiger partial charge in [0.05, 0.1) is 18.4 Å². The largest absolute Gasteiger partial charge is 0.462 e. The van der Waals surface area contributed by atoms with E-state index in [0.717, 1.165) is 25.7 Å². The Hall–Kier alpha value is -1.93. The van der Waals surface area contributed by atoms with Crippen LogP contribution in [0.25, 0.3) is 0 Å². The highest BCUT2D eigenvalue weighted by atomic mass is 32.2. The van der Waals surface area contributed by atoms with Gasteiger partial charge in [0.25, 0.3) is 0 Å². The summed E-state index contributed by atoms with van der Waals surface area (Å²) in [6, 6.07) is 6.40. The number of ether oxygens (including phenoxy) is 1. The van der Waals surface area contributed by atoms with Gasteiger partial charge in [0, 0.05) is 24.7 Å². The van der Waals surface area contributed by atoms with E-state index in [9.17, 15) is 18.0 Å². The summed E-state index contributed by atoms with van der Waals surface area (Å²) >= 11 is 0. The second-order valence-corrected chi connectivity index (χ2v) is 8.34. The number of hydrogen-bond acceptors (Lipinski definition) is 5. The van der Waals surface area contributed by atoms with Crippen molar-refractivity contribution in [1.82, 2.24) is 4.31 Å². The quantitative estimate of drug-likeness (QED) is 0.697. The van der Waals surface area contributed by atoms with Crippen LogP contribution in [0.4, 0.5) is 5.69 Å². The Bertz CT molecular complexity index is 724. The topological polar surface area (TPSA) is 92.8 Å². The second kappa shape index (κ2) is 9.14. The number of carbonyl (C=O) groups excluding carboxylic acids is 2. The molecule has 0 aromatic heterocycles. The highest BCUT2D eigenvalue weighted by molar-refractivity contribution is 7.88. The van der Waals surface area contributed by atoms with E-state index in [1.807, 2.05) is 0 Å². The molecule has 1 amide bonds. The summed E-state index contributed by atoms with van der Waals surface area (Å²) in [5.41, 5.74) is 0.962. The molecule has 0 unspecified atom stereocenters. The lowest BCUT2D eigenvalue weighted by Gasteiger charge is -2.26. The van der Waals surface area contributed by atoms with E-state index in [1.165, 1.54) is 10.6 Å².